The zero-order valence-corrected chi connectivity index (χ0v) is 12.9. The van der Waals surface area contributed by atoms with Crippen molar-refractivity contribution in [2.24, 2.45) is 17.7 Å². The highest BCUT2D eigenvalue weighted by Gasteiger charge is 2.29. The van der Waals surface area contributed by atoms with Crippen LogP contribution in [0.2, 0.25) is 0 Å². The van der Waals surface area contributed by atoms with E-state index in [9.17, 15) is 0 Å². The van der Waals surface area contributed by atoms with Gasteiger partial charge in [0.15, 0.2) is 0 Å². The largest absolute Gasteiger partial charge is 0.491 e. The van der Waals surface area contributed by atoms with Crippen LogP contribution in [0, 0.1) is 11.8 Å². The van der Waals surface area contributed by atoms with Crippen LogP contribution in [0.15, 0.2) is 24.3 Å². The van der Waals surface area contributed by atoms with Crippen molar-refractivity contribution in [2.45, 2.75) is 58.6 Å². The second-order valence-electron chi connectivity index (χ2n) is 6.38. The lowest BCUT2D eigenvalue weighted by Crippen LogP contribution is -2.36. The van der Waals surface area contributed by atoms with E-state index in [1.807, 2.05) is 12.1 Å². The van der Waals surface area contributed by atoms with Crippen LogP contribution in [0.4, 0.5) is 0 Å². The Hall–Kier alpha value is -1.06. The summed E-state index contributed by atoms with van der Waals surface area (Å²) in [6, 6.07) is 8.47. The smallest absolute Gasteiger partial charge is 0.124 e. The first-order chi connectivity index (χ1) is 9.61. The summed E-state index contributed by atoms with van der Waals surface area (Å²) in [6.07, 6.45) is 5.31. The minimum atomic E-state index is 0.180. The van der Waals surface area contributed by atoms with Gasteiger partial charge in [0, 0.05) is 5.56 Å². The average molecular weight is 276 g/mol. The molecule has 1 saturated carbocycles. The van der Waals surface area contributed by atoms with Crippen molar-refractivity contribution in [1.29, 1.82) is 0 Å². The highest BCUT2D eigenvalue weighted by Crippen LogP contribution is 2.39. The summed E-state index contributed by atoms with van der Waals surface area (Å²) < 4.78 is 5.95. The summed E-state index contributed by atoms with van der Waals surface area (Å²) >= 11 is 0. The third-order valence-electron chi connectivity index (χ3n) is 4.24. The molecule has 112 valence electrons. The molecule has 0 bridgehead atoms. The lowest BCUT2D eigenvalue weighted by atomic mass is 9.77. The molecule has 3 N–H and O–H groups in total. The Balaban J connectivity index is 2.22. The van der Waals surface area contributed by atoms with Gasteiger partial charge in [0.1, 0.15) is 5.75 Å². The predicted molar refractivity (Wildman–Crippen MR) is 83.4 cm³/mol. The number of rotatable bonds is 5. The number of para-hydroxylation sites is 1. The topological polar surface area (TPSA) is 47.3 Å². The number of benzene rings is 1. The van der Waals surface area contributed by atoms with E-state index in [-0.39, 0.29) is 12.1 Å². The third-order valence-corrected chi connectivity index (χ3v) is 4.24. The standard InChI is InChI=1S/C17H28N2O/c1-12(2)20-16-10-5-4-9-15(16)17(19-18)14-8-6-7-13(3)11-14/h4-5,9-10,12-14,17,19H,6-8,11,18H2,1-3H3. The van der Waals surface area contributed by atoms with Crippen molar-refractivity contribution < 1.29 is 4.74 Å². The Bertz CT molecular complexity index is 419. The SMILES string of the molecule is CC1CCCC(C(NN)c2ccccc2OC(C)C)C1. The molecular formula is C17H28N2O. The van der Waals surface area contributed by atoms with E-state index in [4.69, 9.17) is 10.6 Å². The first kappa shape index (κ1) is 15.3. The van der Waals surface area contributed by atoms with Gasteiger partial charge in [0.25, 0.3) is 0 Å². The molecule has 1 aliphatic carbocycles. The van der Waals surface area contributed by atoms with Gasteiger partial charge in [-0.1, -0.05) is 38.0 Å². The van der Waals surface area contributed by atoms with E-state index in [0.29, 0.717) is 5.92 Å². The van der Waals surface area contributed by atoms with Crippen LogP contribution in [0.1, 0.15) is 58.1 Å². The average Bonchev–Trinajstić information content (AvgIpc) is 2.41. The Morgan fingerprint density at radius 3 is 2.65 bits per heavy atom. The maximum atomic E-state index is 5.95. The fraction of sp³-hybridized carbons (Fsp3) is 0.647. The molecular weight excluding hydrogens is 248 g/mol. The highest BCUT2D eigenvalue weighted by molar-refractivity contribution is 5.36. The second kappa shape index (κ2) is 7.09. The van der Waals surface area contributed by atoms with E-state index >= 15 is 0 Å². The molecule has 0 amide bonds. The zero-order chi connectivity index (χ0) is 14.5. The van der Waals surface area contributed by atoms with E-state index in [0.717, 1.165) is 11.7 Å². The molecule has 1 aliphatic rings. The van der Waals surface area contributed by atoms with E-state index in [2.05, 4.69) is 38.3 Å². The minimum absolute atomic E-state index is 0.180. The fourth-order valence-corrected chi connectivity index (χ4v) is 3.36. The lowest BCUT2D eigenvalue weighted by molar-refractivity contribution is 0.208. The Labute approximate surface area is 122 Å². The Morgan fingerprint density at radius 2 is 2.00 bits per heavy atom. The summed E-state index contributed by atoms with van der Waals surface area (Å²) in [4.78, 5) is 0. The molecule has 0 aromatic heterocycles. The molecule has 3 atom stereocenters. The number of nitrogens with two attached hydrogens (primary N) is 1. The third kappa shape index (κ3) is 3.74. The van der Waals surface area contributed by atoms with Gasteiger partial charge >= 0.3 is 0 Å². The summed E-state index contributed by atoms with van der Waals surface area (Å²) in [5, 5.41) is 0. The van der Waals surface area contributed by atoms with E-state index in [1.54, 1.807) is 0 Å². The minimum Gasteiger partial charge on any atom is -0.491 e. The van der Waals surface area contributed by atoms with Gasteiger partial charge in [0.05, 0.1) is 12.1 Å². The Morgan fingerprint density at radius 1 is 1.25 bits per heavy atom. The number of nitrogens with one attached hydrogen (secondary N) is 1. The van der Waals surface area contributed by atoms with Crippen molar-refractivity contribution in [3.63, 3.8) is 0 Å². The molecule has 1 aromatic carbocycles. The van der Waals surface area contributed by atoms with Gasteiger partial charge in [0.2, 0.25) is 0 Å². The van der Waals surface area contributed by atoms with Crippen LogP contribution in [0.25, 0.3) is 0 Å². The highest BCUT2D eigenvalue weighted by atomic mass is 16.5. The molecule has 0 saturated heterocycles. The molecule has 0 heterocycles. The molecule has 0 aliphatic heterocycles. The maximum Gasteiger partial charge on any atom is 0.124 e. The predicted octanol–water partition coefficient (Wildman–Crippen LogP) is 3.80. The van der Waals surface area contributed by atoms with Crippen molar-refractivity contribution in [2.75, 3.05) is 0 Å². The van der Waals surface area contributed by atoms with Crippen molar-refractivity contribution in [3.8, 4) is 5.75 Å². The number of hydrazine groups is 1. The summed E-state index contributed by atoms with van der Waals surface area (Å²) in [5.74, 6) is 8.23. The van der Waals surface area contributed by atoms with E-state index in [1.165, 1.54) is 31.2 Å². The molecule has 2 rings (SSSR count). The normalized spacial score (nSPS) is 24.6. The van der Waals surface area contributed by atoms with Crippen molar-refractivity contribution in [3.05, 3.63) is 29.8 Å². The number of hydrogen-bond acceptors (Lipinski definition) is 3. The second-order valence-corrected chi connectivity index (χ2v) is 6.38. The molecule has 3 unspecified atom stereocenters. The summed E-state index contributed by atoms with van der Waals surface area (Å²) in [5.41, 5.74) is 4.24. The van der Waals surface area contributed by atoms with Crippen LogP contribution < -0.4 is 16.0 Å². The summed E-state index contributed by atoms with van der Waals surface area (Å²) in [6.45, 7) is 6.46. The first-order valence-corrected chi connectivity index (χ1v) is 7.83. The van der Waals surface area contributed by atoms with Crippen molar-refractivity contribution in [1.82, 2.24) is 5.43 Å². The van der Waals surface area contributed by atoms with E-state index < -0.39 is 0 Å². The lowest BCUT2D eigenvalue weighted by Gasteiger charge is -2.34. The quantitative estimate of drug-likeness (QED) is 0.635. The molecule has 1 aromatic rings. The zero-order valence-electron chi connectivity index (χ0n) is 12.9. The molecule has 20 heavy (non-hydrogen) atoms. The van der Waals surface area contributed by atoms with Gasteiger partial charge in [-0.3, -0.25) is 11.3 Å². The molecule has 1 fully saturated rings. The van der Waals surface area contributed by atoms with Crippen LogP contribution >= 0.6 is 0 Å². The van der Waals surface area contributed by atoms with Gasteiger partial charge in [-0.25, -0.2) is 0 Å². The molecule has 0 spiro atoms. The van der Waals surface area contributed by atoms with Gasteiger partial charge in [-0.15, -0.1) is 0 Å². The fourth-order valence-electron chi connectivity index (χ4n) is 3.36. The van der Waals surface area contributed by atoms with Gasteiger partial charge < -0.3 is 4.74 Å². The summed E-state index contributed by atoms with van der Waals surface area (Å²) in [7, 11) is 0. The number of ether oxygens (including phenoxy) is 1. The van der Waals surface area contributed by atoms with Crippen LogP contribution in [-0.4, -0.2) is 6.10 Å². The van der Waals surface area contributed by atoms with Crippen LogP contribution in [0.3, 0.4) is 0 Å². The molecule has 0 radical (unpaired) electrons. The Kier molecular flexibility index (Phi) is 5.44. The van der Waals surface area contributed by atoms with Gasteiger partial charge in [-0.05, 0) is 44.6 Å². The van der Waals surface area contributed by atoms with Crippen LogP contribution in [-0.2, 0) is 0 Å². The number of hydrogen-bond donors (Lipinski definition) is 2. The van der Waals surface area contributed by atoms with Gasteiger partial charge in [-0.2, -0.15) is 0 Å². The van der Waals surface area contributed by atoms with Crippen molar-refractivity contribution >= 4 is 0 Å². The monoisotopic (exact) mass is 276 g/mol. The molecule has 3 heteroatoms. The first-order valence-electron chi connectivity index (χ1n) is 7.83. The maximum absolute atomic E-state index is 5.95. The van der Waals surface area contributed by atoms with Crippen LogP contribution in [0.5, 0.6) is 5.75 Å². The molecule has 3 nitrogen and oxygen atoms in total.